The van der Waals surface area contributed by atoms with E-state index < -0.39 is 0 Å². The second-order valence-corrected chi connectivity index (χ2v) is 6.71. The zero-order valence-corrected chi connectivity index (χ0v) is 13.3. The Hall–Kier alpha value is -1.50. The highest BCUT2D eigenvalue weighted by atomic mass is 35.5. The van der Waals surface area contributed by atoms with Crippen LogP contribution in [0, 0.1) is 0 Å². The van der Waals surface area contributed by atoms with Gasteiger partial charge in [-0.3, -0.25) is 4.79 Å². The van der Waals surface area contributed by atoms with Crippen molar-refractivity contribution in [3.63, 3.8) is 0 Å². The van der Waals surface area contributed by atoms with Gasteiger partial charge in [0, 0.05) is 21.7 Å². The van der Waals surface area contributed by atoms with Gasteiger partial charge in [-0.15, -0.1) is 23.1 Å². The highest BCUT2D eigenvalue weighted by Gasteiger charge is 2.14. The topological polar surface area (TPSA) is 58.9 Å². The lowest BCUT2D eigenvalue weighted by molar-refractivity contribution is 0.583. The molecule has 0 aliphatic rings. The van der Waals surface area contributed by atoms with Gasteiger partial charge in [0.25, 0.3) is 5.56 Å². The first-order valence-corrected chi connectivity index (χ1v) is 8.51. The van der Waals surface area contributed by atoms with E-state index in [0.29, 0.717) is 38.3 Å². The molecule has 0 bridgehead atoms. The Morgan fingerprint density at radius 3 is 3.14 bits per heavy atom. The van der Waals surface area contributed by atoms with Crippen molar-refractivity contribution < 1.29 is 4.42 Å². The van der Waals surface area contributed by atoms with E-state index in [2.05, 4.69) is 16.5 Å². The fourth-order valence-corrected chi connectivity index (χ4v) is 3.77. The Kier molecular flexibility index (Phi) is 4.19. The van der Waals surface area contributed by atoms with Crippen molar-refractivity contribution in [1.29, 1.82) is 0 Å². The maximum atomic E-state index is 12.3. The van der Waals surface area contributed by atoms with Gasteiger partial charge in [0.1, 0.15) is 16.4 Å². The molecule has 3 aromatic rings. The summed E-state index contributed by atoms with van der Waals surface area (Å²) in [6.07, 6.45) is 1.59. The molecule has 0 atom stereocenters. The van der Waals surface area contributed by atoms with E-state index in [1.165, 1.54) is 11.3 Å². The second-order valence-electron chi connectivity index (χ2n) is 4.33. The number of hydrogen-bond acceptors (Lipinski definition) is 5. The van der Waals surface area contributed by atoms with Gasteiger partial charge in [-0.2, -0.15) is 0 Å². The highest BCUT2D eigenvalue weighted by Crippen LogP contribution is 2.31. The number of halogens is 1. The predicted octanol–water partition coefficient (Wildman–Crippen LogP) is 4.23. The Morgan fingerprint density at radius 1 is 1.57 bits per heavy atom. The minimum Gasteiger partial charge on any atom is -0.464 e. The van der Waals surface area contributed by atoms with Crippen LogP contribution in [-0.2, 0) is 5.75 Å². The Bertz CT molecular complexity index is 836. The van der Waals surface area contributed by atoms with Crippen LogP contribution in [0.4, 0.5) is 0 Å². The van der Waals surface area contributed by atoms with Gasteiger partial charge in [0.05, 0.1) is 17.4 Å². The molecule has 21 heavy (non-hydrogen) atoms. The van der Waals surface area contributed by atoms with Crippen molar-refractivity contribution >= 4 is 44.9 Å². The van der Waals surface area contributed by atoms with E-state index in [9.17, 15) is 4.79 Å². The van der Waals surface area contributed by atoms with E-state index in [1.807, 2.05) is 11.4 Å². The summed E-state index contributed by atoms with van der Waals surface area (Å²) in [4.78, 5) is 20.3. The average Bonchev–Trinajstić information content (AvgIpc) is 3.06. The molecule has 0 aromatic carbocycles. The van der Waals surface area contributed by atoms with Crippen molar-refractivity contribution in [2.45, 2.75) is 5.75 Å². The van der Waals surface area contributed by atoms with Gasteiger partial charge < -0.3 is 9.40 Å². The normalized spacial score (nSPS) is 11.1. The molecule has 3 rings (SSSR count). The smallest absolute Gasteiger partial charge is 0.260 e. The molecule has 0 amide bonds. The fourth-order valence-electron chi connectivity index (χ4n) is 1.93. The van der Waals surface area contributed by atoms with Gasteiger partial charge in [0.2, 0.25) is 0 Å². The number of aromatic nitrogens is 2. The van der Waals surface area contributed by atoms with E-state index in [0.717, 1.165) is 5.56 Å². The predicted molar refractivity (Wildman–Crippen MR) is 89.1 cm³/mol. The lowest BCUT2D eigenvalue weighted by Gasteiger charge is -2.01. The SMILES string of the molecule is C=C(Cl)CSCc1nc2scc(-c3ccco3)c2c(=O)[nH]1. The number of thiophene rings is 1. The van der Waals surface area contributed by atoms with Crippen molar-refractivity contribution in [3.05, 3.63) is 51.6 Å². The van der Waals surface area contributed by atoms with Crippen LogP contribution in [0.25, 0.3) is 21.5 Å². The minimum atomic E-state index is -0.145. The summed E-state index contributed by atoms with van der Waals surface area (Å²) < 4.78 is 5.36. The number of nitrogens with one attached hydrogen (secondary N) is 1. The third-order valence-electron chi connectivity index (χ3n) is 2.78. The van der Waals surface area contributed by atoms with Crippen molar-refractivity contribution in [2.24, 2.45) is 0 Å². The summed E-state index contributed by atoms with van der Waals surface area (Å²) in [6.45, 7) is 3.63. The lowest BCUT2D eigenvalue weighted by atomic mass is 10.2. The first-order valence-electron chi connectivity index (χ1n) is 6.10. The number of nitrogens with zero attached hydrogens (tertiary/aromatic N) is 1. The Balaban J connectivity index is 1.95. The largest absolute Gasteiger partial charge is 0.464 e. The number of H-pyrrole nitrogens is 1. The Labute approximate surface area is 133 Å². The number of hydrogen-bond donors (Lipinski definition) is 1. The molecular weight excluding hydrogens is 328 g/mol. The molecule has 7 heteroatoms. The van der Waals surface area contributed by atoms with Crippen LogP contribution < -0.4 is 5.56 Å². The summed E-state index contributed by atoms with van der Waals surface area (Å²) in [6, 6.07) is 3.63. The van der Waals surface area contributed by atoms with Crippen LogP contribution in [0.2, 0.25) is 0 Å². The molecule has 4 nitrogen and oxygen atoms in total. The number of thioether (sulfide) groups is 1. The number of aromatic amines is 1. The molecule has 0 unspecified atom stereocenters. The molecule has 1 N–H and O–H groups in total. The summed E-state index contributed by atoms with van der Waals surface area (Å²) >= 11 is 8.71. The van der Waals surface area contributed by atoms with Gasteiger partial charge in [-0.25, -0.2) is 4.98 Å². The van der Waals surface area contributed by atoms with Crippen molar-refractivity contribution in [3.8, 4) is 11.3 Å². The number of fused-ring (bicyclic) bond motifs is 1. The van der Waals surface area contributed by atoms with Crippen LogP contribution >= 0.6 is 34.7 Å². The maximum absolute atomic E-state index is 12.3. The van der Waals surface area contributed by atoms with Crippen LogP contribution in [0.5, 0.6) is 0 Å². The maximum Gasteiger partial charge on any atom is 0.260 e. The monoisotopic (exact) mass is 338 g/mol. The van der Waals surface area contributed by atoms with Gasteiger partial charge in [-0.05, 0) is 12.1 Å². The van der Waals surface area contributed by atoms with Gasteiger partial charge >= 0.3 is 0 Å². The van der Waals surface area contributed by atoms with Crippen molar-refractivity contribution in [2.75, 3.05) is 5.75 Å². The molecule has 0 aliphatic carbocycles. The van der Waals surface area contributed by atoms with E-state index in [1.54, 1.807) is 24.1 Å². The molecule has 0 fully saturated rings. The molecule has 0 spiro atoms. The minimum absolute atomic E-state index is 0.145. The zero-order chi connectivity index (χ0) is 14.8. The van der Waals surface area contributed by atoms with Crippen LogP contribution in [0.3, 0.4) is 0 Å². The van der Waals surface area contributed by atoms with Crippen LogP contribution in [0.15, 0.2) is 44.6 Å². The molecule has 108 valence electrons. The van der Waals surface area contributed by atoms with E-state index >= 15 is 0 Å². The molecule has 3 heterocycles. The first-order chi connectivity index (χ1) is 10.1. The quantitative estimate of drug-likeness (QED) is 0.756. The van der Waals surface area contributed by atoms with Gasteiger partial charge in [0.15, 0.2) is 0 Å². The zero-order valence-electron chi connectivity index (χ0n) is 10.9. The van der Waals surface area contributed by atoms with E-state index in [-0.39, 0.29) is 5.56 Å². The van der Waals surface area contributed by atoms with Crippen LogP contribution in [0.1, 0.15) is 5.82 Å². The van der Waals surface area contributed by atoms with E-state index in [4.69, 9.17) is 16.0 Å². The summed E-state index contributed by atoms with van der Waals surface area (Å²) in [5.74, 6) is 2.54. The summed E-state index contributed by atoms with van der Waals surface area (Å²) in [7, 11) is 0. The van der Waals surface area contributed by atoms with Crippen LogP contribution in [-0.4, -0.2) is 15.7 Å². The first kappa shape index (κ1) is 14.4. The summed E-state index contributed by atoms with van der Waals surface area (Å²) in [5.41, 5.74) is 0.634. The highest BCUT2D eigenvalue weighted by molar-refractivity contribution is 7.98. The second kappa shape index (κ2) is 6.09. The summed E-state index contributed by atoms with van der Waals surface area (Å²) in [5, 5.41) is 3.05. The number of furan rings is 1. The third kappa shape index (κ3) is 3.07. The lowest BCUT2D eigenvalue weighted by Crippen LogP contribution is -2.10. The third-order valence-corrected chi connectivity index (χ3v) is 4.97. The standard InChI is InChI=1S/C14H11ClN2O2S2/c1-8(15)5-20-7-11-16-13(18)12-9(6-21-14(12)17-11)10-3-2-4-19-10/h2-4,6H,1,5,7H2,(H,16,17,18). The van der Waals surface area contributed by atoms with Gasteiger partial charge in [-0.1, -0.05) is 18.2 Å². The van der Waals surface area contributed by atoms with Crippen molar-refractivity contribution in [1.82, 2.24) is 9.97 Å². The fraction of sp³-hybridized carbons (Fsp3) is 0.143. The molecule has 0 radical (unpaired) electrons. The molecule has 0 aliphatic heterocycles. The number of rotatable bonds is 5. The molecule has 3 aromatic heterocycles. The molecule has 0 saturated carbocycles. The average molecular weight is 339 g/mol. The molecular formula is C14H11ClN2O2S2. The molecule has 0 saturated heterocycles. The Morgan fingerprint density at radius 2 is 2.43 bits per heavy atom.